The Balaban J connectivity index is 1.85. The Labute approximate surface area is 226 Å². The smallest absolute Gasteiger partial charge is 0.348 e. The van der Waals surface area contributed by atoms with Gasteiger partial charge < -0.3 is 4.74 Å². The van der Waals surface area contributed by atoms with Crippen LogP contribution < -0.4 is 10.4 Å². The van der Waals surface area contributed by atoms with Crippen molar-refractivity contribution in [2.45, 2.75) is 78.7 Å². The van der Waals surface area contributed by atoms with Crippen molar-refractivity contribution in [3.05, 3.63) is 57.6 Å². The summed E-state index contributed by atoms with van der Waals surface area (Å²) in [4.78, 5) is 40.5. The molecule has 0 spiro atoms. The van der Waals surface area contributed by atoms with Crippen molar-refractivity contribution >= 4 is 17.4 Å². The average Bonchev–Trinajstić information content (AvgIpc) is 2.89. The van der Waals surface area contributed by atoms with Gasteiger partial charge in [0, 0.05) is 29.8 Å². The van der Waals surface area contributed by atoms with Gasteiger partial charge in [-0.05, 0) is 56.4 Å². The van der Waals surface area contributed by atoms with Crippen molar-refractivity contribution < 1.29 is 18.3 Å². The summed E-state index contributed by atoms with van der Waals surface area (Å²) in [5.41, 5.74) is -0.590. The number of ether oxygens (including phenoxy) is 1. The number of rotatable bonds is 13. The second-order valence-electron chi connectivity index (χ2n) is 9.33. The van der Waals surface area contributed by atoms with Crippen molar-refractivity contribution in [2.75, 3.05) is 0 Å². The van der Waals surface area contributed by atoms with Gasteiger partial charge in [0.05, 0.1) is 16.5 Å². The topological polar surface area (TPSA) is 97.8 Å². The molecule has 0 amide bonds. The normalized spacial score (nSPS) is 12.5. The highest BCUT2D eigenvalue weighted by atomic mass is 35.5. The van der Waals surface area contributed by atoms with Gasteiger partial charge in [0.1, 0.15) is 11.6 Å². The van der Waals surface area contributed by atoms with Crippen molar-refractivity contribution in [3.8, 4) is 28.7 Å². The molecule has 1 N–H and O–H groups in total. The maximum absolute atomic E-state index is 13.7. The Morgan fingerprint density at radius 2 is 1.87 bits per heavy atom. The third kappa shape index (κ3) is 6.81. The molecule has 0 saturated carbocycles. The molecular weight excluding hydrogens is 514 g/mol. The Morgan fingerprint density at radius 3 is 2.47 bits per heavy atom. The molecule has 2 heterocycles. The molecule has 204 valence electrons. The first-order valence-electron chi connectivity index (χ1n) is 12.8. The summed E-state index contributed by atoms with van der Waals surface area (Å²) in [5, 5.41) is 0.330. The van der Waals surface area contributed by atoms with Gasteiger partial charge >= 0.3 is 5.69 Å². The van der Waals surface area contributed by atoms with Gasteiger partial charge in [-0.1, -0.05) is 44.9 Å². The Kier molecular flexibility index (Phi) is 10.1. The molecule has 0 bridgehead atoms. The number of pyridine rings is 1. The van der Waals surface area contributed by atoms with Gasteiger partial charge in [0.25, 0.3) is 6.43 Å². The van der Waals surface area contributed by atoms with Crippen LogP contribution in [0.3, 0.4) is 0 Å². The number of aromatic amines is 1. The van der Waals surface area contributed by atoms with Crippen molar-refractivity contribution in [1.29, 1.82) is 0 Å². The Morgan fingerprint density at radius 1 is 1.13 bits per heavy atom. The molecule has 3 rings (SSSR count). The predicted molar refractivity (Wildman–Crippen MR) is 144 cm³/mol. The number of hydrogen-bond donors (Lipinski definition) is 1. The van der Waals surface area contributed by atoms with E-state index in [2.05, 4.69) is 26.9 Å². The summed E-state index contributed by atoms with van der Waals surface area (Å²) in [5.74, 6) is 0.357. The first-order chi connectivity index (χ1) is 18.1. The van der Waals surface area contributed by atoms with E-state index < -0.39 is 23.3 Å². The molecule has 2 aromatic heterocycles. The molecule has 1 aromatic carbocycles. The lowest BCUT2D eigenvalue weighted by molar-refractivity contribution is -0.139. The van der Waals surface area contributed by atoms with E-state index in [0.717, 1.165) is 12.8 Å². The van der Waals surface area contributed by atoms with E-state index in [9.17, 15) is 18.4 Å². The van der Waals surface area contributed by atoms with E-state index in [1.807, 2.05) is 6.92 Å². The number of Topliss-reactive ketones (excluding diaryl/α,β-unsaturated/α-hetero) is 1. The van der Waals surface area contributed by atoms with Crippen LogP contribution in [0.15, 0.2) is 41.3 Å². The number of nitrogens with zero attached hydrogens (tertiary/aromatic N) is 3. The third-order valence-electron chi connectivity index (χ3n) is 6.82. The average molecular weight is 547 g/mol. The van der Waals surface area contributed by atoms with Crippen LogP contribution in [0.2, 0.25) is 5.02 Å². The van der Waals surface area contributed by atoms with E-state index in [1.54, 1.807) is 44.2 Å². The molecule has 7 nitrogen and oxygen atoms in total. The summed E-state index contributed by atoms with van der Waals surface area (Å²) in [6.07, 6.45) is 1.13. The van der Waals surface area contributed by atoms with Crippen LogP contribution in [0.1, 0.15) is 65.4 Å². The monoisotopic (exact) mass is 546 g/mol. The molecule has 38 heavy (non-hydrogen) atoms. The van der Waals surface area contributed by atoms with Crippen LogP contribution in [-0.2, 0) is 11.2 Å². The van der Waals surface area contributed by atoms with Crippen molar-refractivity contribution in [3.63, 3.8) is 0 Å². The van der Waals surface area contributed by atoms with Crippen LogP contribution in [-0.4, -0.2) is 38.2 Å². The Bertz CT molecular complexity index is 1290. The fourth-order valence-corrected chi connectivity index (χ4v) is 4.59. The molecule has 0 aliphatic rings. The van der Waals surface area contributed by atoms with Gasteiger partial charge in [-0.25, -0.2) is 23.5 Å². The lowest BCUT2D eigenvalue weighted by Crippen LogP contribution is -2.37. The number of aromatic nitrogens is 4. The second-order valence-corrected chi connectivity index (χ2v) is 9.74. The molecular formula is C28H33ClF2N4O3. The first-order valence-corrected chi connectivity index (χ1v) is 13.2. The highest BCUT2D eigenvalue weighted by Gasteiger charge is 2.42. The summed E-state index contributed by atoms with van der Waals surface area (Å²) < 4.78 is 33.2. The maximum Gasteiger partial charge on any atom is 0.348 e. The molecule has 0 saturated heterocycles. The number of halogens is 3. The van der Waals surface area contributed by atoms with Crippen LogP contribution in [0.4, 0.5) is 8.78 Å². The quantitative estimate of drug-likeness (QED) is 0.256. The van der Waals surface area contributed by atoms with Crippen LogP contribution in [0, 0.1) is 5.41 Å². The fourth-order valence-electron chi connectivity index (χ4n) is 4.39. The molecule has 10 heteroatoms. The summed E-state index contributed by atoms with van der Waals surface area (Å²) >= 11 is 6.42. The van der Waals surface area contributed by atoms with E-state index >= 15 is 0 Å². The van der Waals surface area contributed by atoms with Gasteiger partial charge in [-0.3, -0.25) is 9.78 Å². The van der Waals surface area contributed by atoms with Crippen LogP contribution >= 0.6 is 11.6 Å². The summed E-state index contributed by atoms with van der Waals surface area (Å²) in [7, 11) is 0. The molecule has 0 aliphatic heterocycles. The highest BCUT2D eigenvalue weighted by Crippen LogP contribution is 2.36. The van der Waals surface area contributed by atoms with Gasteiger partial charge in [0.15, 0.2) is 5.82 Å². The zero-order chi connectivity index (χ0) is 27.9. The van der Waals surface area contributed by atoms with Gasteiger partial charge in [-0.15, -0.1) is 0 Å². The molecule has 1 atom stereocenters. The second kappa shape index (κ2) is 13.0. The number of carbonyl (C=O) groups excluding carboxylic acids is 1. The first kappa shape index (κ1) is 29.4. The molecule has 3 aromatic rings. The number of ketones is 1. The lowest BCUT2D eigenvalue weighted by Gasteiger charge is -2.29. The molecule has 0 fully saturated rings. The van der Waals surface area contributed by atoms with Gasteiger partial charge in [0.2, 0.25) is 5.88 Å². The van der Waals surface area contributed by atoms with E-state index in [-0.39, 0.29) is 43.4 Å². The van der Waals surface area contributed by atoms with Crippen LogP contribution in [0.5, 0.6) is 5.88 Å². The lowest BCUT2D eigenvalue weighted by atomic mass is 9.76. The number of aryl methyl sites for hydroxylation is 1. The number of benzene rings is 1. The SMILES string of the molecule is CCC[C@H](C)Oc1ccc(-c2nc(-c3cc(CCC(=O)C(CC)(CC)C(F)F)ccc3Cl)[nH]c(=O)n2)cn1. The number of carbonyl (C=O) groups is 1. The van der Waals surface area contributed by atoms with E-state index in [0.29, 0.717) is 27.6 Å². The Hall–Kier alpha value is -3.20. The van der Waals surface area contributed by atoms with E-state index in [1.165, 1.54) is 6.20 Å². The van der Waals surface area contributed by atoms with E-state index in [4.69, 9.17) is 16.3 Å². The molecule has 0 unspecified atom stereocenters. The van der Waals surface area contributed by atoms with Gasteiger partial charge in [-0.2, -0.15) is 4.98 Å². The number of alkyl halides is 2. The van der Waals surface area contributed by atoms with Crippen molar-refractivity contribution in [2.24, 2.45) is 5.41 Å². The zero-order valence-corrected chi connectivity index (χ0v) is 22.8. The number of hydrogen-bond acceptors (Lipinski definition) is 6. The highest BCUT2D eigenvalue weighted by molar-refractivity contribution is 6.33. The largest absolute Gasteiger partial charge is 0.475 e. The molecule has 0 radical (unpaired) electrons. The minimum Gasteiger partial charge on any atom is -0.475 e. The predicted octanol–water partition coefficient (Wildman–Crippen LogP) is 6.69. The minimum absolute atomic E-state index is 0.0289. The zero-order valence-electron chi connectivity index (χ0n) is 22.1. The minimum atomic E-state index is -2.72. The molecule has 0 aliphatic carbocycles. The van der Waals surface area contributed by atoms with Crippen LogP contribution in [0.25, 0.3) is 22.8 Å². The number of nitrogens with one attached hydrogen (secondary N) is 1. The van der Waals surface area contributed by atoms with Crippen molar-refractivity contribution in [1.82, 2.24) is 19.9 Å². The summed E-state index contributed by atoms with van der Waals surface area (Å²) in [6.45, 7) is 7.28. The standard InChI is InChI=1S/C28H33ClF2N4O3/c1-5-8-17(4)38-23-14-11-19(16-32-23)24-33-25(35-27(37)34-24)20-15-18(9-12-21(20)29)10-13-22(36)28(6-2,7-3)26(30)31/h9,11-12,14-17,26H,5-8,10,13H2,1-4H3,(H,33,34,35,37)/t17-/m0/s1. The fraction of sp³-hybridized carbons (Fsp3) is 0.464. The maximum atomic E-state index is 13.7. The summed E-state index contributed by atoms with van der Waals surface area (Å²) in [6, 6.07) is 8.47. The number of H-pyrrole nitrogens is 1. The third-order valence-corrected chi connectivity index (χ3v) is 7.15.